The van der Waals surface area contributed by atoms with Gasteiger partial charge in [-0.2, -0.15) is 0 Å². The van der Waals surface area contributed by atoms with Gasteiger partial charge in [0.1, 0.15) is 6.10 Å². The van der Waals surface area contributed by atoms with Crippen LogP contribution in [0.1, 0.15) is 58.3 Å². The van der Waals surface area contributed by atoms with Crippen LogP contribution in [0.5, 0.6) is 0 Å². The average Bonchev–Trinajstić information content (AvgIpc) is 2.83. The molecule has 0 aromatic carbocycles. The summed E-state index contributed by atoms with van der Waals surface area (Å²) >= 11 is 0. The summed E-state index contributed by atoms with van der Waals surface area (Å²) in [6, 6.07) is 0.381. The van der Waals surface area contributed by atoms with Crippen LogP contribution in [-0.2, 0) is 4.84 Å². The van der Waals surface area contributed by atoms with Gasteiger partial charge in [0.05, 0.1) is 5.71 Å². The van der Waals surface area contributed by atoms with Crippen molar-refractivity contribution in [2.75, 3.05) is 0 Å². The largest absolute Gasteiger partial charge is 0.392 e. The molecule has 4 bridgehead atoms. The normalized spacial score (nSPS) is 50.7. The van der Waals surface area contributed by atoms with Crippen molar-refractivity contribution in [1.29, 1.82) is 0 Å². The van der Waals surface area contributed by atoms with Gasteiger partial charge in [-0.15, -0.1) is 0 Å². The van der Waals surface area contributed by atoms with E-state index in [9.17, 15) is 0 Å². The van der Waals surface area contributed by atoms with E-state index in [1.165, 1.54) is 44.2 Å². The third-order valence-electron chi connectivity index (χ3n) is 6.52. The van der Waals surface area contributed by atoms with E-state index >= 15 is 0 Å². The van der Waals surface area contributed by atoms with E-state index in [2.05, 4.69) is 12.1 Å². The topological polar surface area (TPSA) is 47.6 Å². The van der Waals surface area contributed by atoms with Crippen molar-refractivity contribution < 1.29 is 4.84 Å². The number of hydrogen-bond acceptors (Lipinski definition) is 3. The van der Waals surface area contributed by atoms with Crippen LogP contribution >= 0.6 is 0 Å². The first-order chi connectivity index (χ1) is 9.69. The van der Waals surface area contributed by atoms with Crippen LogP contribution in [0.2, 0.25) is 0 Å². The molecule has 112 valence electrons. The molecule has 5 aliphatic rings. The van der Waals surface area contributed by atoms with Gasteiger partial charge in [0.25, 0.3) is 0 Å². The molecule has 0 aromatic heterocycles. The smallest absolute Gasteiger partial charge is 0.133 e. The zero-order valence-corrected chi connectivity index (χ0v) is 12.6. The summed E-state index contributed by atoms with van der Waals surface area (Å²) in [6.45, 7) is 2.14. The highest BCUT2D eigenvalue weighted by Gasteiger charge is 2.49. The lowest BCUT2D eigenvalue weighted by Crippen LogP contribution is -2.48. The summed E-state index contributed by atoms with van der Waals surface area (Å²) in [5.41, 5.74) is 7.19. The number of nitrogens with zero attached hydrogens (tertiary/aromatic N) is 1. The average molecular weight is 276 g/mol. The number of oxime groups is 1. The molecule has 5 saturated carbocycles. The minimum absolute atomic E-state index is 0.381. The second-order valence-corrected chi connectivity index (χ2v) is 8.00. The molecule has 5 aliphatic carbocycles. The Kier molecular flexibility index (Phi) is 3.29. The van der Waals surface area contributed by atoms with E-state index < -0.39 is 0 Å². The molecule has 0 radical (unpaired) electrons. The maximum Gasteiger partial charge on any atom is 0.133 e. The first-order valence-corrected chi connectivity index (χ1v) is 8.65. The van der Waals surface area contributed by atoms with Crippen molar-refractivity contribution in [3.05, 3.63) is 0 Å². The molecule has 5 fully saturated rings. The van der Waals surface area contributed by atoms with E-state index in [0.29, 0.717) is 18.1 Å². The summed E-state index contributed by atoms with van der Waals surface area (Å²) in [7, 11) is 0. The second-order valence-electron chi connectivity index (χ2n) is 8.00. The quantitative estimate of drug-likeness (QED) is 0.635. The molecule has 3 heteroatoms. The van der Waals surface area contributed by atoms with Gasteiger partial charge in [-0.05, 0) is 82.0 Å². The van der Waals surface area contributed by atoms with E-state index in [-0.39, 0.29) is 0 Å². The first kappa shape index (κ1) is 13.1. The first-order valence-electron chi connectivity index (χ1n) is 8.65. The van der Waals surface area contributed by atoms with Gasteiger partial charge in [-0.1, -0.05) is 5.16 Å². The van der Waals surface area contributed by atoms with Crippen molar-refractivity contribution in [2.45, 2.75) is 70.4 Å². The standard InChI is InChI=1S/C17H28N2O/c1-10(13-2-3-16(18)9-13)19-20-17-14-5-11-4-12(7-14)8-15(17)6-11/h11-17H,2-9,18H2,1H3/b19-10-. The van der Waals surface area contributed by atoms with Crippen molar-refractivity contribution in [2.24, 2.45) is 40.5 Å². The maximum atomic E-state index is 6.08. The summed E-state index contributed by atoms with van der Waals surface area (Å²) in [5.74, 6) is 4.19. The molecular weight excluding hydrogens is 248 g/mol. The summed E-state index contributed by atoms with van der Waals surface area (Å²) in [6.07, 6.45) is 11.0. The number of rotatable bonds is 3. The monoisotopic (exact) mass is 276 g/mol. The van der Waals surface area contributed by atoms with Gasteiger partial charge >= 0.3 is 0 Å². The Labute approximate surface area is 122 Å². The fourth-order valence-corrected chi connectivity index (χ4v) is 5.66. The predicted molar refractivity (Wildman–Crippen MR) is 80.3 cm³/mol. The molecular formula is C17H28N2O. The highest BCUT2D eigenvalue weighted by molar-refractivity contribution is 5.84. The van der Waals surface area contributed by atoms with Crippen molar-refractivity contribution >= 4 is 5.71 Å². The highest BCUT2D eigenvalue weighted by atomic mass is 16.6. The van der Waals surface area contributed by atoms with E-state index in [4.69, 9.17) is 10.6 Å². The maximum absolute atomic E-state index is 6.08. The van der Waals surface area contributed by atoms with Crippen LogP contribution < -0.4 is 5.73 Å². The Hall–Kier alpha value is -0.570. The zero-order chi connectivity index (χ0) is 13.7. The van der Waals surface area contributed by atoms with Gasteiger partial charge in [0, 0.05) is 12.0 Å². The molecule has 5 rings (SSSR count). The summed E-state index contributed by atoms with van der Waals surface area (Å²) in [4.78, 5) is 6.08. The van der Waals surface area contributed by atoms with E-state index in [1.807, 2.05) is 0 Å². The molecule has 0 amide bonds. The zero-order valence-electron chi connectivity index (χ0n) is 12.6. The Morgan fingerprint density at radius 2 is 1.60 bits per heavy atom. The minimum Gasteiger partial charge on any atom is -0.392 e. The van der Waals surface area contributed by atoms with Gasteiger partial charge in [0.15, 0.2) is 0 Å². The highest BCUT2D eigenvalue weighted by Crippen LogP contribution is 2.54. The fraction of sp³-hybridized carbons (Fsp3) is 0.941. The Balaban J connectivity index is 1.39. The predicted octanol–water partition coefficient (Wildman–Crippen LogP) is 3.33. The van der Waals surface area contributed by atoms with Crippen LogP contribution in [0, 0.1) is 29.6 Å². The summed E-state index contributed by atoms with van der Waals surface area (Å²) < 4.78 is 0. The molecule has 20 heavy (non-hydrogen) atoms. The number of nitrogens with two attached hydrogens (primary N) is 1. The number of hydrogen-bond donors (Lipinski definition) is 1. The summed E-state index contributed by atoms with van der Waals surface area (Å²) in [5, 5.41) is 4.55. The van der Waals surface area contributed by atoms with Crippen LogP contribution in [-0.4, -0.2) is 17.9 Å². The van der Waals surface area contributed by atoms with Crippen LogP contribution in [0.3, 0.4) is 0 Å². The molecule has 0 spiro atoms. The molecule has 2 atom stereocenters. The molecule has 0 heterocycles. The lowest BCUT2D eigenvalue weighted by atomic mass is 9.55. The second kappa shape index (κ2) is 5.01. The minimum atomic E-state index is 0.381. The van der Waals surface area contributed by atoms with Gasteiger partial charge in [-0.25, -0.2) is 0 Å². The SMILES string of the molecule is C/C(=N/OC1C2CC3CC(C2)CC1C3)C1CCC(N)C1. The molecule has 3 nitrogen and oxygen atoms in total. The van der Waals surface area contributed by atoms with Crippen LogP contribution in [0.25, 0.3) is 0 Å². The third-order valence-corrected chi connectivity index (χ3v) is 6.52. The molecule has 0 aliphatic heterocycles. The molecule has 0 saturated heterocycles. The Bertz CT molecular complexity index is 378. The molecule has 2 unspecified atom stereocenters. The van der Waals surface area contributed by atoms with Gasteiger partial charge in [0.2, 0.25) is 0 Å². The van der Waals surface area contributed by atoms with Crippen molar-refractivity contribution in [1.82, 2.24) is 0 Å². The lowest BCUT2D eigenvalue weighted by Gasteiger charge is -2.52. The third kappa shape index (κ3) is 2.28. The Morgan fingerprint density at radius 1 is 0.950 bits per heavy atom. The van der Waals surface area contributed by atoms with Gasteiger partial charge in [-0.3, -0.25) is 0 Å². The lowest BCUT2D eigenvalue weighted by molar-refractivity contribution is -0.126. The van der Waals surface area contributed by atoms with Crippen molar-refractivity contribution in [3.63, 3.8) is 0 Å². The molecule has 0 aromatic rings. The Morgan fingerprint density at radius 3 is 2.15 bits per heavy atom. The fourth-order valence-electron chi connectivity index (χ4n) is 5.66. The van der Waals surface area contributed by atoms with Gasteiger partial charge < -0.3 is 10.6 Å². The van der Waals surface area contributed by atoms with Crippen molar-refractivity contribution in [3.8, 4) is 0 Å². The van der Waals surface area contributed by atoms with E-state index in [0.717, 1.165) is 36.5 Å². The molecule has 2 N–H and O–H groups in total. The van der Waals surface area contributed by atoms with E-state index in [1.54, 1.807) is 0 Å². The van der Waals surface area contributed by atoms with Crippen LogP contribution in [0.4, 0.5) is 0 Å². The van der Waals surface area contributed by atoms with Crippen LogP contribution in [0.15, 0.2) is 5.16 Å².